The Balaban J connectivity index is 2.23. The van der Waals surface area contributed by atoms with Gasteiger partial charge < -0.3 is 16.8 Å². The molecule has 0 saturated carbocycles. The lowest BCUT2D eigenvalue weighted by atomic mass is 10.1. The first-order valence-electron chi connectivity index (χ1n) is 8.02. The van der Waals surface area contributed by atoms with Crippen LogP contribution in [0.1, 0.15) is 30.4 Å². The van der Waals surface area contributed by atoms with Crippen LogP contribution in [-0.2, 0) is 0 Å². The van der Waals surface area contributed by atoms with Gasteiger partial charge >= 0.3 is 0 Å². The lowest BCUT2D eigenvalue weighted by molar-refractivity contribution is 0.0924. The summed E-state index contributed by atoms with van der Waals surface area (Å²) in [6.45, 7) is 5.79. The summed E-state index contributed by atoms with van der Waals surface area (Å²) in [5.74, 6) is -0.206. The maximum atomic E-state index is 12.7. The second kappa shape index (κ2) is 6.77. The zero-order valence-electron chi connectivity index (χ0n) is 15.1. The van der Waals surface area contributed by atoms with E-state index in [1.165, 1.54) is 23.1 Å². The SMILES string of the molecule is CSc1nc(-c2cccc(N)c2)c2c(N)c(C(=O)NC(C)(C)C)sc2n1. The third-order valence-corrected chi connectivity index (χ3v) is 5.25. The molecule has 0 bridgehead atoms. The molecule has 1 amide bonds. The number of nitrogens with two attached hydrogens (primary N) is 2. The molecule has 0 aliphatic heterocycles. The van der Waals surface area contributed by atoms with Crippen molar-refractivity contribution < 1.29 is 4.79 Å². The molecule has 8 heteroatoms. The van der Waals surface area contributed by atoms with Crippen molar-refractivity contribution in [3.8, 4) is 11.3 Å². The van der Waals surface area contributed by atoms with Gasteiger partial charge in [0.25, 0.3) is 5.91 Å². The first kappa shape index (κ1) is 18.5. The highest BCUT2D eigenvalue weighted by molar-refractivity contribution is 7.98. The molecule has 26 heavy (non-hydrogen) atoms. The van der Waals surface area contributed by atoms with Gasteiger partial charge in [-0.3, -0.25) is 4.79 Å². The van der Waals surface area contributed by atoms with Gasteiger partial charge in [0.1, 0.15) is 9.71 Å². The third-order valence-electron chi connectivity index (χ3n) is 3.61. The predicted molar refractivity (Wildman–Crippen MR) is 111 cm³/mol. The zero-order valence-corrected chi connectivity index (χ0v) is 16.7. The number of carbonyl (C=O) groups excluding carboxylic acids is 1. The molecule has 1 aromatic carbocycles. The quantitative estimate of drug-likeness (QED) is 0.359. The van der Waals surface area contributed by atoms with Crippen LogP contribution in [0.3, 0.4) is 0 Å². The summed E-state index contributed by atoms with van der Waals surface area (Å²) in [5, 5.41) is 4.27. The molecule has 6 nitrogen and oxygen atoms in total. The molecule has 3 rings (SSSR count). The molecule has 0 radical (unpaired) electrons. The second-order valence-electron chi connectivity index (χ2n) is 6.91. The standard InChI is InChI=1S/C18H21N5OS2/c1-18(2,3)23-15(24)14-12(20)11-13(9-6-5-7-10(19)8-9)21-17(25-4)22-16(11)26-14/h5-8H,19-20H2,1-4H3,(H,23,24). The van der Waals surface area contributed by atoms with Crippen LogP contribution in [-0.4, -0.2) is 27.7 Å². The number of benzene rings is 1. The summed E-state index contributed by atoms with van der Waals surface area (Å²) >= 11 is 2.72. The summed E-state index contributed by atoms with van der Waals surface area (Å²) in [5.41, 5.74) is 14.5. The summed E-state index contributed by atoms with van der Waals surface area (Å²) in [6.07, 6.45) is 1.91. The van der Waals surface area contributed by atoms with Gasteiger partial charge in [0, 0.05) is 16.8 Å². The number of hydrogen-bond donors (Lipinski definition) is 3. The van der Waals surface area contributed by atoms with Crippen LogP contribution in [0, 0.1) is 0 Å². The Kier molecular flexibility index (Phi) is 4.81. The van der Waals surface area contributed by atoms with Crippen molar-refractivity contribution in [3.05, 3.63) is 29.1 Å². The van der Waals surface area contributed by atoms with E-state index in [1.54, 1.807) is 0 Å². The molecular weight excluding hydrogens is 366 g/mol. The summed E-state index contributed by atoms with van der Waals surface area (Å²) in [6, 6.07) is 7.45. The van der Waals surface area contributed by atoms with Crippen molar-refractivity contribution in [2.45, 2.75) is 31.5 Å². The number of nitrogens with one attached hydrogen (secondary N) is 1. The Labute approximate surface area is 160 Å². The maximum absolute atomic E-state index is 12.7. The summed E-state index contributed by atoms with van der Waals surface area (Å²) in [7, 11) is 0. The Hall–Kier alpha value is -2.32. The third kappa shape index (κ3) is 3.61. The molecule has 3 aromatic rings. The predicted octanol–water partition coefficient (Wildman–Crippen LogP) is 3.77. The highest BCUT2D eigenvalue weighted by Crippen LogP contribution is 2.39. The van der Waals surface area contributed by atoms with E-state index in [9.17, 15) is 4.79 Å². The number of anilines is 2. The number of amides is 1. The largest absolute Gasteiger partial charge is 0.399 e. The van der Waals surface area contributed by atoms with E-state index < -0.39 is 0 Å². The summed E-state index contributed by atoms with van der Waals surface area (Å²) < 4.78 is 0. The van der Waals surface area contributed by atoms with Crippen LogP contribution < -0.4 is 16.8 Å². The van der Waals surface area contributed by atoms with Crippen molar-refractivity contribution in [3.63, 3.8) is 0 Å². The molecule has 2 aromatic heterocycles. The first-order valence-corrected chi connectivity index (χ1v) is 10.1. The molecule has 0 aliphatic carbocycles. The van der Waals surface area contributed by atoms with E-state index in [-0.39, 0.29) is 11.4 Å². The van der Waals surface area contributed by atoms with Gasteiger partial charge in [-0.2, -0.15) is 0 Å². The van der Waals surface area contributed by atoms with Gasteiger partial charge in [-0.05, 0) is 39.2 Å². The summed E-state index contributed by atoms with van der Waals surface area (Å²) in [4.78, 5) is 23.0. The van der Waals surface area contributed by atoms with E-state index >= 15 is 0 Å². The zero-order chi connectivity index (χ0) is 19.1. The van der Waals surface area contributed by atoms with Crippen LogP contribution in [0.5, 0.6) is 0 Å². The van der Waals surface area contributed by atoms with E-state index in [2.05, 4.69) is 15.3 Å². The van der Waals surface area contributed by atoms with E-state index in [4.69, 9.17) is 11.5 Å². The van der Waals surface area contributed by atoms with Crippen molar-refractivity contribution >= 4 is 50.6 Å². The minimum absolute atomic E-state index is 0.206. The van der Waals surface area contributed by atoms with Crippen LogP contribution in [0.15, 0.2) is 29.4 Å². The molecule has 0 spiro atoms. The number of aromatic nitrogens is 2. The number of nitrogen functional groups attached to an aromatic ring is 2. The van der Waals surface area contributed by atoms with Crippen molar-refractivity contribution in [1.82, 2.24) is 15.3 Å². The van der Waals surface area contributed by atoms with Gasteiger partial charge in [-0.1, -0.05) is 23.9 Å². The number of fused-ring (bicyclic) bond motifs is 1. The monoisotopic (exact) mass is 387 g/mol. The Morgan fingerprint density at radius 1 is 1.23 bits per heavy atom. The topological polar surface area (TPSA) is 107 Å². The van der Waals surface area contributed by atoms with Crippen molar-refractivity contribution in [1.29, 1.82) is 0 Å². The average Bonchev–Trinajstić information content (AvgIpc) is 2.89. The van der Waals surface area contributed by atoms with Crippen LogP contribution in [0.2, 0.25) is 0 Å². The Morgan fingerprint density at radius 3 is 2.58 bits per heavy atom. The smallest absolute Gasteiger partial charge is 0.263 e. The van der Waals surface area contributed by atoms with Gasteiger partial charge in [0.15, 0.2) is 5.16 Å². The van der Waals surface area contributed by atoms with E-state index in [1.807, 2.05) is 51.3 Å². The van der Waals surface area contributed by atoms with Crippen LogP contribution in [0.4, 0.5) is 11.4 Å². The lowest BCUT2D eigenvalue weighted by Gasteiger charge is -2.20. The highest BCUT2D eigenvalue weighted by atomic mass is 32.2. The minimum Gasteiger partial charge on any atom is -0.399 e. The van der Waals surface area contributed by atoms with Crippen molar-refractivity contribution in [2.75, 3.05) is 17.7 Å². The average molecular weight is 388 g/mol. The Morgan fingerprint density at radius 2 is 1.96 bits per heavy atom. The van der Waals surface area contributed by atoms with Gasteiger partial charge in [-0.25, -0.2) is 9.97 Å². The molecule has 0 aliphatic rings. The maximum Gasteiger partial charge on any atom is 0.263 e. The number of nitrogens with zero attached hydrogens (tertiary/aromatic N) is 2. The number of hydrogen-bond acceptors (Lipinski definition) is 7. The highest BCUT2D eigenvalue weighted by Gasteiger charge is 2.24. The normalized spacial score (nSPS) is 11.7. The fraction of sp³-hybridized carbons (Fsp3) is 0.278. The molecule has 0 saturated heterocycles. The molecule has 136 valence electrons. The number of thioether (sulfide) groups is 1. The van der Waals surface area contributed by atoms with Gasteiger partial charge in [0.05, 0.1) is 16.8 Å². The first-order chi connectivity index (χ1) is 12.2. The number of carbonyl (C=O) groups is 1. The molecule has 0 atom stereocenters. The Bertz CT molecular complexity index is 991. The molecular formula is C18H21N5OS2. The molecule has 0 unspecified atom stereocenters. The van der Waals surface area contributed by atoms with Crippen LogP contribution in [0.25, 0.3) is 21.5 Å². The lowest BCUT2D eigenvalue weighted by Crippen LogP contribution is -2.40. The number of rotatable bonds is 3. The minimum atomic E-state index is -0.355. The van der Waals surface area contributed by atoms with Crippen molar-refractivity contribution in [2.24, 2.45) is 0 Å². The fourth-order valence-corrected chi connectivity index (χ4v) is 3.97. The van der Waals surface area contributed by atoms with Gasteiger partial charge in [0.2, 0.25) is 0 Å². The van der Waals surface area contributed by atoms with Gasteiger partial charge in [-0.15, -0.1) is 11.3 Å². The van der Waals surface area contributed by atoms with Crippen LogP contribution >= 0.6 is 23.1 Å². The van der Waals surface area contributed by atoms with E-state index in [0.717, 1.165) is 5.56 Å². The molecule has 2 heterocycles. The van der Waals surface area contributed by atoms with E-state index in [0.29, 0.717) is 37.3 Å². The second-order valence-corrected chi connectivity index (χ2v) is 8.69. The fourth-order valence-electron chi connectivity index (χ4n) is 2.55. The number of thiophene rings is 1. The molecule has 0 fully saturated rings. The molecule has 5 N–H and O–H groups in total.